The van der Waals surface area contributed by atoms with Gasteiger partial charge in [0.05, 0.1) is 29.4 Å². The van der Waals surface area contributed by atoms with Gasteiger partial charge in [-0.15, -0.1) is 11.3 Å². The van der Waals surface area contributed by atoms with Crippen LogP contribution in [0.1, 0.15) is 17.3 Å². The van der Waals surface area contributed by atoms with Crippen molar-refractivity contribution in [3.8, 4) is 11.4 Å². The second-order valence-electron chi connectivity index (χ2n) is 8.04. The molecule has 184 valence electrons. The third kappa shape index (κ3) is 3.67. The highest BCUT2D eigenvalue weighted by Crippen LogP contribution is 2.46. The van der Waals surface area contributed by atoms with Crippen molar-refractivity contribution in [3.63, 3.8) is 0 Å². The first-order valence-corrected chi connectivity index (χ1v) is 12.6. The number of H-pyrrole nitrogens is 1. The largest absolute Gasteiger partial charge is 0.497 e. The number of ether oxygens (including phenoxy) is 1. The molecule has 0 radical (unpaired) electrons. The normalized spacial score (nSPS) is 15.2. The van der Waals surface area contributed by atoms with Crippen molar-refractivity contribution < 1.29 is 14.6 Å². The van der Waals surface area contributed by atoms with Crippen LogP contribution < -0.4 is 30.6 Å². The van der Waals surface area contributed by atoms with Crippen LogP contribution in [0.15, 0.2) is 56.9 Å². The summed E-state index contributed by atoms with van der Waals surface area (Å²) in [4.78, 5) is 41.1. The molecule has 11 heteroatoms. The molecule has 0 amide bonds. The van der Waals surface area contributed by atoms with Crippen LogP contribution >= 0.6 is 23.1 Å². The number of aromatic nitrogens is 3. The van der Waals surface area contributed by atoms with E-state index in [1.54, 1.807) is 23.8 Å². The van der Waals surface area contributed by atoms with Gasteiger partial charge in [-0.2, -0.15) is 0 Å². The van der Waals surface area contributed by atoms with E-state index >= 15 is 0 Å². The van der Waals surface area contributed by atoms with E-state index in [2.05, 4.69) is 11.7 Å². The van der Waals surface area contributed by atoms with Crippen LogP contribution in [0.2, 0.25) is 0 Å². The number of hydrogen-bond donors (Lipinski definition) is 2. The first-order chi connectivity index (χ1) is 17.2. The highest BCUT2D eigenvalue weighted by molar-refractivity contribution is 8.08. The number of benzene rings is 2. The van der Waals surface area contributed by atoms with Crippen LogP contribution in [0, 0.1) is 9.88 Å². The molecule has 4 aromatic rings. The molecular weight excluding hydrogens is 500 g/mol. The molecule has 9 nitrogen and oxygen atoms in total. The van der Waals surface area contributed by atoms with Crippen molar-refractivity contribution in [1.29, 1.82) is 0 Å². The van der Waals surface area contributed by atoms with E-state index < -0.39 is 5.97 Å². The predicted octanol–water partition coefficient (Wildman–Crippen LogP) is 2.12. The third-order valence-corrected chi connectivity index (χ3v) is 8.54. The second-order valence-corrected chi connectivity index (χ2v) is 10.1. The second kappa shape index (κ2) is 8.92. The molecule has 0 atom stereocenters. The Morgan fingerprint density at radius 1 is 1.14 bits per heavy atom. The smallest absolute Gasteiger partial charge is 0.335 e. The molecule has 0 saturated heterocycles. The first kappa shape index (κ1) is 23.8. The third-order valence-electron chi connectivity index (χ3n) is 5.98. The Hall–Kier alpha value is -3.96. The predicted molar refractivity (Wildman–Crippen MR) is 141 cm³/mol. The zero-order valence-corrected chi connectivity index (χ0v) is 21.3. The molecule has 2 aromatic carbocycles. The summed E-state index contributed by atoms with van der Waals surface area (Å²) in [5.41, 5.74) is 0.976. The van der Waals surface area contributed by atoms with Gasteiger partial charge in [-0.05, 0) is 43.3 Å². The molecule has 2 aromatic heterocycles. The molecule has 0 bridgehead atoms. The van der Waals surface area contributed by atoms with E-state index in [0.29, 0.717) is 32.0 Å². The molecule has 5 rings (SSSR count). The van der Waals surface area contributed by atoms with E-state index in [-0.39, 0.29) is 16.7 Å². The summed E-state index contributed by atoms with van der Waals surface area (Å²) in [7, 11) is 3.51. The topological polar surface area (TPSA) is 110 Å². The Balaban J connectivity index is 1.77. The minimum atomic E-state index is -1.05. The number of aromatic amines is 1. The number of nitrogens with one attached hydrogen (secondary N) is 1. The lowest BCUT2D eigenvalue weighted by molar-refractivity contribution is 0.0697. The SMILES string of the molecule is C=c1[nH]n(-c2ccc(C(=O)O)cc2)c(=O)c1=c1sc(=C2Sc3ccc(OC)cc3N2C)c(=O)n1CC. The molecule has 0 fully saturated rings. The quantitative estimate of drug-likeness (QED) is 0.423. The van der Waals surface area contributed by atoms with Gasteiger partial charge in [0.2, 0.25) is 0 Å². The standard InChI is InChI=1S/C25H22N4O5S2/c1-5-28-22(31)20(24-27(3)17-12-16(34-4)10-11-18(17)35-24)36-23(28)19-13(2)26-29(21(19)30)15-8-6-14(7-9-15)25(32)33/h6-12,26H,2,5H2,1,3-4H3,(H,32,33). The van der Waals surface area contributed by atoms with Gasteiger partial charge in [-0.3, -0.25) is 19.3 Å². The van der Waals surface area contributed by atoms with E-state index in [0.717, 1.165) is 21.4 Å². The van der Waals surface area contributed by atoms with Crippen LogP contribution in [-0.4, -0.2) is 39.6 Å². The number of anilines is 1. The van der Waals surface area contributed by atoms with E-state index in [1.807, 2.05) is 37.1 Å². The summed E-state index contributed by atoms with van der Waals surface area (Å²) in [6.45, 7) is 6.25. The molecule has 0 unspecified atom stereocenters. The Morgan fingerprint density at radius 3 is 2.50 bits per heavy atom. The van der Waals surface area contributed by atoms with Gasteiger partial charge in [0.25, 0.3) is 11.1 Å². The molecular formula is C25H22N4O5S2. The summed E-state index contributed by atoms with van der Waals surface area (Å²) in [5.74, 6) is -0.323. The summed E-state index contributed by atoms with van der Waals surface area (Å²) in [6, 6.07) is 11.7. The minimum Gasteiger partial charge on any atom is -0.497 e. The first-order valence-electron chi connectivity index (χ1n) is 11.0. The summed E-state index contributed by atoms with van der Waals surface area (Å²) in [5, 5.41) is 13.6. The zero-order valence-electron chi connectivity index (χ0n) is 19.7. The maximum atomic E-state index is 13.5. The fraction of sp³-hybridized carbons (Fsp3) is 0.160. The van der Waals surface area contributed by atoms with Crippen LogP contribution in [0.4, 0.5) is 5.69 Å². The lowest BCUT2D eigenvalue weighted by atomic mass is 10.2. The summed E-state index contributed by atoms with van der Waals surface area (Å²) >= 11 is 2.76. The Morgan fingerprint density at radius 2 is 1.86 bits per heavy atom. The summed E-state index contributed by atoms with van der Waals surface area (Å²) in [6.07, 6.45) is 0. The number of methoxy groups -OCH3 is 1. The average Bonchev–Trinajstić information content (AvgIpc) is 3.48. The minimum absolute atomic E-state index is 0.116. The molecule has 1 aliphatic heterocycles. The number of carboxylic acid groups (broad SMARTS) is 1. The van der Waals surface area contributed by atoms with Crippen molar-refractivity contribution in [1.82, 2.24) is 14.3 Å². The van der Waals surface area contributed by atoms with Crippen LogP contribution in [0.3, 0.4) is 0 Å². The number of fused-ring (bicyclic) bond motifs is 1. The van der Waals surface area contributed by atoms with Crippen LogP contribution in [0.5, 0.6) is 5.75 Å². The van der Waals surface area contributed by atoms with Gasteiger partial charge in [-0.25, -0.2) is 9.48 Å². The number of carboxylic acids is 1. The molecule has 0 saturated carbocycles. The molecule has 1 aliphatic rings. The lowest BCUT2D eigenvalue weighted by Gasteiger charge is -2.13. The van der Waals surface area contributed by atoms with E-state index in [1.165, 1.54) is 39.9 Å². The Bertz CT molecular complexity index is 1850. The monoisotopic (exact) mass is 522 g/mol. The van der Waals surface area contributed by atoms with Gasteiger partial charge < -0.3 is 14.7 Å². The van der Waals surface area contributed by atoms with Crippen molar-refractivity contribution >= 4 is 46.4 Å². The maximum absolute atomic E-state index is 13.5. The van der Waals surface area contributed by atoms with Gasteiger partial charge in [0.1, 0.15) is 25.2 Å². The number of carbonyl (C=O) groups is 1. The number of aromatic carboxylic acids is 1. The Kier molecular flexibility index (Phi) is 5.89. The number of nitrogens with zero attached hydrogens (tertiary/aromatic N) is 3. The lowest BCUT2D eigenvalue weighted by Crippen LogP contribution is -2.31. The van der Waals surface area contributed by atoms with Crippen molar-refractivity contribution in [3.05, 3.63) is 88.5 Å². The Labute approximate surface area is 212 Å². The van der Waals surface area contributed by atoms with Crippen LogP contribution in [0.25, 0.3) is 17.3 Å². The van der Waals surface area contributed by atoms with Crippen molar-refractivity contribution in [2.45, 2.75) is 18.4 Å². The van der Waals surface area contributed by atoms with Crippen molar-refractivity contribution in [2.24, 2.45) is 0 Å². The zero-order chi connectivity index (χ0) is 25.7. The highest BCUT2D eigenvalue weighted by atomic mass is 32.2. The summed E-state index contributed by atoms with van der Waals surface area (Å²) < 4.78 is 9.29. The van der Waals surface area contributed by atoms with Gasteiger partial charge in [0, 0.05) is 24.6 Å². The number of thiazole rings is 1. The van der Waals surface area contributed by atoms with Gasteiger partial charge in [-0.1, -0.05) is 18.3 Å². The highest BCUT2D eigenvalue weighted by Gasteiger charge is 2.25. The van der Waals surface area contributed by atoms with Gasteiger partial charge >= 0.3 is 5.97 Å². The van der Waals surface area contributed by atoms with E-state index in [4.69, 9.17) is 9.84 Å². The average molecular weight is 523 g/mol. The molecule has 2 N–H and O–H groups in total. The fourth-order valence-corrected chi connectivity index (χ4v) is 6.67. The van der Waals surface area contributed by atoms with Crippen molar-refractivity contribution in [2.75, 3.05) is 19.1 Å². The fourth-order valence-electron chi connectivity index (χ4n) is 4.11. The van der Waals surface area contributed by atoms with Gasteiger partial charge in [0.15, 0.2) is 0 Å². The van der Waals surface area contributed by atoms with Crippen LogP contribution in [-0.2, 0) is 6.54 Å². The molecule has 0 spiro atoms. The number of rotatable bonds is 4. The van der Waals surface area contributed by atoms with E-state index in [9.17, 15) is 14.4 Å². The number of hydrogen-bond acceptors (Lipinski definition) is 7. The molecule has 3 heterocycles. The number of thioether (sulfide) groups is 1. The molecule has 36 heavy (non-hydrogen) atoms. The maximum Gasteiger partial charge on any atom is 0.335 e. The molecule has 0 aliphatic carbocycles.